The molecule has 0 aliphatic carbocycles. The lowest BCUT2D eigenvalue weighted by molar-refractivity contribution is -0.130. The van der Waals surface area contributed by atoms with Crippen LogP contribution in [0.3, 0.4) is 0 Å². The maximum Gasteiger partial charge on any atom is 0.263 e. The summed E-state index contributed by atoms with van der Waals surface area (Å²) >= 11 is 0. The predicted octanol–water partition coefficient (Wildman–Crippen LogP) is 1.23. The molecule has 0 radical (unpaired) electrons. The van der Waals surface area contributed by atoms with Gasteiger partial charge < -0.3 is 4.90 Å². The second-order valence-electron chi connectivity index (χ2n) is 5.75. The van der Waals surface area contributed by atoms with E-state index in [4.69, 9.17) is 0 Å². The third kappa shape index (κ3) is 3.65. The Hall–Kier alpha value is -1.89. The third-order valence-corrected chi connectivity index (χ3v) is 4.72. The molecular formula is C15H21N3O3S. The average molecular weight is 323 g/mol. The van der Waals surface area contributed by atoms with E-state index < -0.39 is 10.0 Å². The van der Waals surface area contributed by atoms with E-state index in [2.05, 4.69) is 9.71 Å². The van der Waals surface area contributed by atoms with E-state index in [-0.39, 0.29) is 23.8 Å². The molecule has 1 aromatic carbocycles. The summed E-state index contributed by atoms with van der Waals surface area (Å²) in [6.07, 6.45) is 0.261. The van der Waals surface area contributed by atoms with E-state index in [9.17, 15) is 13.2 Å². The Bertz CT molecular complexity index is 696. The molecule has 0 aromatic heterocycles. The Kier molecular flexibility index (Phi) is 4.85. The van der Waals surface area contributed by atoms with Crippen LogP contribution in [0.15, 0.2) is 34.2 Å². The van der Waals surface area contributed by atoms with Gasteiger partial charge in [-0.1, -0.05) is 26.0 Å². The summed E-state index contributed by atoms with van der Waals surface area (Å²) in [7, 11) is -1.75. The first-order valence-electron chi connectivity index (χ1n) is 7.22. The van der Waals surface area contributed by atoms with Crippen LogP contribution in [-0.4, -0.2) is 45.2 Å². The molecule has 1 heterocycles. The number of nitrogens with one attached hydrogen (secondary N) is 1. The molecule has 2 rings (SSSR count). The van der Waals surface area contributed by atoms with Crippen LogP contribution in [0.4, 0.5) is 0 Å². The summed E-state index contributed by atoms with van der Waals surface area (Å²) in [5, 5.41) is 0. The highest BCUT2D eigenvalue weighted by Crippen LogP contribution is 2.22. The molecule has 0 fully saturated rings. The molecule has 0 unspecified atom stereocenters. The Labute approximate surface area is 131 Å². The summed E-state index contributed by atoms with van der Waals surface area (Å²) in [4.78, 5) is 18.1. The van der Waals surface area contributed by atoms with E-state index >= 15 is 0 Å². The molecule has 120 valence electrons. The second-order valence-corrected chi connectivity index (χ2v) is 7.40. The Balaban J connectivity index is 2.03. The highest BCUT2D eigenvalue weighted by atomic mass is 32.2. The number of amidine groups is 1. The van der Waals surface area contributed by atoms with Gasteiger partial charge in [0.2, 0.25) is 5.91 Å². The fourth-order valence-electron chi connectivity index (χ4n) is 2.36. The van der Waals surface area contributed by atoms with E-state index in [1.165, 1.54) is 0 Å². The fraction of sp³-hybridized carbons (Fsp3) is 0.467. The minimum absolute atomic E-state index is 0.00666. The number of fused-ring (bicyclic) bond motifs is 1. The van der Waals surface area contributed by atoms with Crippen LogP contribution in [0.5, 0.6) is 0 Å². The molecule has 1 aliphatic heterocycles. The summed E-state index contributed by atoms with van der Waals surface area (Å²) in [6.45, 7) is 5.06. The molecule has 0 saturated carbocycles. The standard InChI is InChI=1S/C15H21N3O3S/c1-11(2)10-18(3)14(19)8-9-16-15-12-6-4-5-7-13(12)22(20,21)17-15/h4-7,11H,8-10H2,1-3H3,(H,16,17). The minimum Gasteiger partial charge on any atom is -0.345 e. The monoisotopic (exact) mass is 323 g/mol. The largest absolute Gasteiger partial charge is 0.345 e. The maximum atomic E-state index is 11.9. The average Bonchev–Trinajstić information content (AvgIpc) is 2.70. The van der Waals surface area contributed by atoms with Gasteiger partial charge in [-0.25, -0.2) is 8.42 Å². The summed E-state index contributed by atoms with van der Waals surface area (Å²) < 4.78 is 26.3. The van der Waals surface area contributed by atoms with Crippen LogP contribution in [0.25, 0.3) is 0 Å². The van der Waals surface area contributed by atoms with Crippen LogP contribution in [0.1, 0.15) is 25.8 Å². The SMILES string of the molecule is CC(C)CN(C)C(=O)CCN=C1NS(=O)(=O)c2ccccc21. The van der Waals surface area contributed by atoms with Crippen molar-refractivity contribution in [2.45, 2.75) is 25.2 Å². The van der Waals surface area contributed by atoms with Crippen LogP contribution in [0, 0.1) is 5.92 Å². The van der Waals surface area contributed by atoms with Crippen molar-refractivity contribution in [3.63, 3.8) is 0 Å². The third-order valence-electron chi connectivity index (χ3n) is 3.32. The molecule has 0 atom stereocenters. The quantitative estimate of drug-likeness (QED) is 0.885. The molecule has 1 aromatic rings. The van der Waals surface area contributed by atoms with Crippen molar-refractivity contribution in [2.75, 3.05) is 20.1 Å². The van der Waals surface area contributed by atoms with Gasteiger partial charge in [0.05, 0.1) is 11.4 Å². The van der Waals surface area contributed by atoms with Crippen molar-refractivity contribution < 1.29 is 13.2 Å². The Morgan fingerprint density at radius 2 is 2.00 bits per heavy atom. The molecule has 0 bridgehead atoms. The first-order valence-corrected chi connectivity index (χ1v) is 8.70. The molecule has 1 amide bonds. The number of hydrogen-bond donors (Lipinski definition) is 1. The lowest BCUT2D eigenvalue weighted by Gasteiger charge is -2.18. The summed E-state index contributed by atoms with van der Waals surface area (Å²) in [6, 6.07) is 6.68. The van der Waals surface area contributed by atoms with Gasteiger partial charge in [-0.3, -0.25) is 14.5 Å². The zero-order valence-electron chi connectivity index (χ0n) is 13.0. The molecular weight excluding hydrogens is 302 g/mol. The number of rotatable bonds is 5. The van der Waals surface area contributed by atoms with E-state index in [1.807, 2.05) is 13.8 Å². The lowest BCUT2D eigenvalue weighted by atomic mass is 10.2. The first kappa shape index (κ1) is 16.5. The van der Waals surface area contributed by atoms with Crippen LogP contribution >= 0.6 is 0 Å². The molecule has 0 saturated heterocycles. The van der Waals surface area contributed by atoms with Crippen molar-refractivity contribution in [3.8, 4) is 0 Å². The topological polar surface area (TPSA) is 78.8 Å². The van der Waals surface area contributed by atoms with Crippen molar-refractivity contribution >= 4 is 21.8 Å². The molecule has 6 nitrogen and oxygen atoms in total. The number of nitrogens with zero attached hydrogens (tertiary/aromatic N) is 2. The molecule has 1 N–H and O–H groups in total. The van der Waals surface area contributed by atoms with Crippen molar-refractivity contribution in [2.24, 2.45) is 10.9 Å². The normalized spacial score (nSPS) is 17.4. The van der Waals surface area contributed by atoms with E-state index in [0.29, 0.717) is 23.9 Å². The molecule has 1 aliphatic rings. The predicted molar refractivity (Wildman–Crippen MR) is 85.3 cm³/mol. The van der Waals surface area contributed by atoms with Gasteiger partial charge >= 0.3 is 0 Å². The summed E-state index contributed by atoms with van der Waals surface area (Å²) in [5.41, 5.74) is 0.561. The Morgan fingerprint density at radius 1 is 1.32 bits per heavy atom. The second kappa shape index (κ2) is 6.48. The minimum atomic E-state index is -3.51. The van der Waals surface area contributed by atoms with Gasteiger partial charge in [0, 0.05) is 25.6 Å². The van der Waals surface area contributed by atoms with Crippen LogP contribution in [0.2, 0.25) is 0 Å². The highest BCUT2D eigenvalue weighted by molar-refractivity contribution is 7.90. The van der Waals surface area contributed by atoms with Crippen molar-refractivity contribution in [3.05, 3.63) is 29.8 Å². The van der Waals surface area contributed by atoms with Gasteiger partial charge in [-0.2, -0.15) is 0 Å². The number of aliphatic imine (C=N–C) groups is 1. The number of amides is 1. The zero-order valence-corrected chi connectivity index (χ0v) is 13.9. The summed E-state index contributed by atoms with van der Waals surface area (Å²) in [5.74, 6) is 0.732. The van der Waals surface area contributed by atoms with Gasteiger partial charge in [0.15, 0.2) is 0 Å². The highest BCUT2D eigenvalue weighted by Gasteiger charge is 2.29. The Morgan fingerprint density at radius 3 is 2.68 bits per heavy atom. The smallest absolute Gasteiger partial charge is 0.263 e. The van der Waals surface area contributed by atoms with Crippen LogP contribution < -0.4 is 4.72 Å². The van der Waals surface area contributed by atoms with Gasteiger partial charge in [-0.05, 0) is 18.1 Å². The van der Waals surface area contributed by atoms with Gasteiger partial charge in [0.25, 0.3) is 10.0 Å². The number of hydrogen-bond acceptors (Lipinski definition) is 4. The number of carbonyl (C=O) groups excluding carboxylic acids is 1. The van der Waals surface area contributed by atoms with Crippen molar-refractivity contribution in [1.82, 2.24) is 9.62 Å². The fourth-order valence-corrected chi connectivity index (χ4v) is 3.61. The maximum absolute atomic E-state index is 11.9. The molecule has 0 spiro atoms. The first-order chi connectivity index (χ1) is 10.3. The van der Waals surface area contributed by atoms with E-state index in [1.54, 1.807) is 36.2 Å². The molecule has 7 heteroatoms. The van der Waals surface area contributed by atoms with Crippen LogP contribution in [-0.2, 0) is 14.8 Å². The number of carbonyl (C=O) groups is 1. The lowest BCUT2D eigenvalue weighted by Crippen LogP contribution is -2.30. The number of sulfonamides is 1. The van der Waals surface area contributed by atoms with Crippen molar-refractivity contribution in [1.29, 1.82) is 0 Å². The number of benzene rings is 1. The van der Waals surface area contributed by atoms with Gasteiger partial charge in [0.1, 0.15) is 5.84 Å². The molecule has 22 heavy (non-hydrogen) atoms. The van der Waals surface area contributed by atoms with Gasteiger partial charge in [-0.15, -0.1) is 0 Å². The zero-order chi connectivity index (χ0) is 16.3. The van der Waals surface area contributed by atoms with E-state index in [0.717, 1.165) is 0 Å².